The first-order chi connectivity index (χ1) is 12.1. The summed E-state index contributed by atoms with van der Waals surface area (Å²) in [5.41, 5.74) is 5.10. The van der Waals surface area contributed by atoms with Gasteiger partial charge in [0.25, 0.3) is 0 Å². The smallest absolute Gasteiger partial charge is 0.191 e. The number of hydrogen-bond acceptors (Lipinski definition) is 2. The predicted octanol–water partition coefficient (Wildman–Crippen LogP) is 2.79. The third kappa shape index (κ3) is 5.91. The van der Waals surface area contributed by atoms with Gasteiger partial charge >= 0.3 is 0 Å². The van der Waals surface area contributed by atoms with Gasteiger partial charge in [-0.2, -0.15) is 0 Å². The second kappa shape index (κ2) is 9.84. The van der Waals surface area contributed by atoms with Crippen molar-refractivity contribution in [1.29, 1.82) is 0 Å². The summed E-state index contributed by atoms with van der Waals surface area (Å²) in [6, 6.07) is 16.6. The lowest BCUT2D eigenvalue weighted by Gasteiger charge is -2.18. The van der Waals surface area contributed by atoms with Gasteiger partial charge in [-0.05, 0) is 37.0 Å². The van der Waals surface area contributed by atoms with Crippen molar-refractivity contribution >= 4 is 5.96 Å². The Kier molecular flexibility index (Phi) is 7.48. The fraction of sp³-hybridized carbons (Fsp3) is 0.381. The molecular formula is C21H29N3O. The van der Waals surface area contributed by atoms with Crippen LogP contribution in [0.5, 0.6) is 0 Å². The molecule has 0 aliphatic heterocycles. The second-order valence-electron chi connectivity index (χ2n) is 6.35. The largest absolute Gasteiger partial charge is 0.396 e. The lowest BCUT2D eigenvalue weighted by Crippen LogP contribution is -2.40. The van der Waals surface area contributed by atoms with E-state index in [1.165, 1.54) is 16.7 Å². The van der Waals surface area contributed by atoms with E-state index in [9.17, 15) is 5.11 Å². The van der Waals surface area contributed by atoms with Gasteiger partial charge in [-0.25, -0.2) is 0 Å². The molecule has 2 aromatic rings. The highest BCUT2D eigenvalue weighted by Gasteiger charge is 2.10. The van der Waals surface area contributed by atoms with Crippen molar-refractivity contribution in [3.05, 3.63) is 70.8 Å². The normalized spacial score (nSPS) is 12.7. The molecule has 0 heterocycles. The maximum absolute atomic E-state index is 9.64. The Morgan fingerprint density at radius 3 is 2.48 bits per heavy atom. The first-order valence-corrected chi connectivity index (χ1v) is 8.80. The van der Waals surface area contributed by atoms with Crippen LogP contribution in [-0.2, 0) is 6.42 Å². The van der Waals surface area contributed by atoms with E-state index < -0.39 is 0 Å². The molecule has 0 saturated heterocycles. The van der Waals surface area contributed by atoms with Crippen molar-refractivity contribution in [2.45, 2.75) is 26.2 Å². The molecule has 3 N–H and O–H groups in total. The predicted molar refractivity (Wildman–Crippen MR) is 105 cm³/mol. The van der Waals surface area contributed by atoms with Gasteiger partial charge in [0.15, 0.2) is 5.96 Å². The zero-order chi connectivity index (χ0) is 18.1. The van der Waals surface area contributed by atoms with Crippen LogP contribution in [0.1, 0.15) is 28.2 Å². The summed E-state index contributed by atoms with van der Waals surface area (Å²) < 4.78 is 0. The number of nitrogens with zero attached hydrogens (tertiary/aromatic N) is 1. The molecular weight excluding hydrogens is 310 g/mol. The maximum Gasteiger partial charge on any atom is 0.191 e. The van der Waals surface area contributed by atoms with E-state index in [-0.39, 0.29) is 12.5 Å². The van der Waals surface area contributed by atoms with Crippen LogP contribution in [-0.4, -0.2) is 37.8 Å². The van der Waals surface area contributed by atoms with Crippen molar-refractivity contribution < 1.29 is 5.11 Å². The van der Waals surface area contributed by atoms with E-state index in [4.69, 9.17) is 0 Å². The summed E-state index contributed by atoms with van der Waals surface area (Å²) in [6.07, 6.45) is 0.953. The summed E-state index contributed by atoms with van der Waals surface area (Å²) in [7, 11) is 1.77. The molecule has 25 heavy (non-hydrogen) atoms. The van der Waals surface area contributed by atoms with Crippen LogP contribution < -0.4 is 10.6 Å². The number of guanidine groups is 1. The molecule has 0 radical (unpaired) electrons. The fourth-order valence-corrected chi connectivity index (χ4v) is 2.90. The van der Waals surface area contributed by atoms with Gasteiger partial charge < -0.3 is 15.7 Å². The number of aliphatic hydroxyl groups is 1. The van der Waals surface area contributed by atoms with Crippen molar-refractivity contribution in [3.8, 4) is 0 Å². The summed E-state index contributed by atoms with van der Waals surface area (Å²) in [5, 5.41) is 16.3. The lowest BCUT2D eigenvalue weighted by molar-refractivity contribution is 0.265. The third-order valence-corrected chi connectivity index (χ3v) is 4.42. The topological polar surface area (TPSA) is 56.7 Å². The molecule has 0 saturated carbocycles. The number of aryl methyl sites for hydroxylation is 2. The minimum absolute atomic E-state index is 0.0547. The SMILES string of the molecule is CN=C(NCCc1ccc(C)cc1C)NCC(CO)c1ccccc1. The molecule has 134 valence electrons. The van der Waals surface area contributed by atoms with Crippen molar-refractivity contribution in [3.63, 3.8) is 0 Å². The van der Waals surface area contributed by atoms with E-state index in [0.29, 0.717) is 6.54 Å². The second-order valence-corrected chi connectivity index (χ2v) is 6.35. The number of nitrogens with one attached hydrogen (secondary N) is 2. The van der Waals surface area contributed by atoms with Gasteiger partial charge in [0.1, 0.15) is 0 Å². The number of aliphatic imine (C=N–C) groups is 1. The van der Waals surface area contributed by atoms with Gasteiger partial charge in [-0.15, -0.1) is 0 Å². The van der Waals surface area contributed by atoms with Gasteiger partial charge in [0.2, 0.25) is 0 Å². The van der Waals surface area contributed by atoms with Crippen LogP contribution in [0.2, 0.25) is 0 Å². The van der Waals surface area contributed by atoms with Gasteiger partial charge in [0, 0.05) is 26.1 Å². The molecule has 2 rings (SSSR count). The minimum Gasteiger partial charge on any atom is -0.396 e. The summed E-state index contributed by atoms with van der Waals surface area (Å²) in [5.74, 6) is 0.818. The Labute approximate surface area is 151 Å². The first-order valence-electron chi connectivity index (χ1n) is 8.80. The molecule has 4 nitrogen and oxygen atoms in total. The number of benzene rings is 2. The molecule has 2 aromatic carbocycles. The van der Waals surface area contributed by atoms with Crippen LogP contribution in [0.3, 0.4) is 0 Å². The standard InChI is InChI=1S/C21H29N3O/c1-16-9-10-18(17(2)13-16)11-12-23-21(22-3)24-14-20(15-25)19-7-5-4-6-8-19/h4-10,13,20,25H,11-12,14-15H2,1-3H3,(H2,22,23,24). The van der Waals surface area contributed by atoms with Crippen molar-refractivity contribution in [2.75, 3.05) is 26.7 Å². The van der Waals surface area contributed by atoms with E-state index in [1.54, 1.807) is 7.05 Å². The maximum atomic E-state index is 9.64. The highest BCUT2D eigenvalue weighted by atomic mass is 16.3. The quantitative estimate of drug-likeness (QED) is 0.537. The van der Waals surface area contributed by atoms with Crippen LogP contribution in [0.15, 0.2) is 53.5 Å². The number of aliphatic hydroxyl groups excluding tert-OH is 1. The third-order valence-electron chi connectivity index (χ3n) is 4.42. The van der Waals surface area contributed by atoms with Crippen LogP contribution >= 0.6 is 0 Å². The van der Waals surface area contributed by atoms with Crippen LogP contribution in [0.25, 0.3) is 0 Å². The van der Waals surface area contributed by atoms with Crippen LogP contribution in [0, 0.1) is 13.8 Å². The molecule has 0 aliphatic rings. The summed E-state index contributed by atoms with van der Waals surface area (Å²) in [6.45, 7) is 5.84. The minimum atomic E-state index is 0.0547. The first kappa shape index (κ1) is 19.0. The fourth-order valence-electron chi connectivity index (χ4n) is 2.90. The lowest BCUT2D eigenvalue weighted by atomic mass is 10.0. The van der Waals surface area contributed by atoms with Gasteiger partial charge in [0.05, 0.1) is 6.61 Å². The van der Waals surface area contributed by atoms with Crippen molar-refractivity contribution in [2.24, 2.45) is 4.99 Å². The molecule has 0 fully saturated rings. The summed E-state index contributed by atoms with van der Waals surface area (Å²) in [4.78, 5) is 4.27. The molecule has 0 aromatic heterocycles. The van der Waals surface area contributed by atoms with E-state index in [0.717, 1.165) is 24.5 Å². The number of rotatable bonds is 7. The Morgan fingerprint density at radius 1 is 1.08 bits per heavy atom. The molecule has 0 amide bonds. The monoisotopic (exact) mass is 339 g/mol. The highest BCUT2D eigenvalue weighted by molar-refractivity contribution is 5.79. The Bertz CT molecular complexity index is 683. The molecule has 4 heteroatoms. The molecule has 1 unspecified atom stereocenters. The summed E-state index contributed by atoms with van der Waals surface area (Å²) >= 11 is 0. The van der Waals surface area contributed by atoms with E-state index >= 15 is 0 Å². The highest BCUT2D eigenvalue weighted by Crippen LogP contribution is 2.13. The zero-order valence-electron chi connectivity index (χ0n) is 15.4. The average molecular weight is 339 g/mol. The van der Waals surface area contributed by atoms with Crippen LogP contribution in [0.4, 0.5) is 0 Å². The molecule has 0 bridgehead atoms. The Hall–Kier alpha value is -2.33. The van der Waals surface area contributed by atoms with E-state index in [2.05, 4.69) is 47.7 Å². The Balaban J connectivity index is 1.82. The molecule has 0 aliphatic carbocycles. The Morgan fingerprint density at radius 2 is 1.84 bits per heavy atom. The molecule has 0 spiro atoms. The van der Waals surface area contributed by atoms with Gasteiger partial charge in [-0.1, -0.05) is 54.1 Å². The van der Waals surface area contributed by atoms with Gasteiger partial charge in [-0.3, -0.25) is 4.99 Å². The van der Waals surface area contributed by atoms with E-state index in [1.807, 2.05) is 30.3 Å². The molecule has 1 atom stereocenters. The number of hydrogen-bond donors (Lipinski definition) is 3. The zero-order valence-corrected chi connectivity index (χ0v) is 15.4. The average Bonchev–Trinajstić information content (AvgIpc) is 2.63. The van der Waals surface area contributed by atoms with Crippen molar-refractivity contribution in [1.82, 2.24) is 10.6 Å².